The predicted molar refractivity (Wildman–Crippen MR) is 68.8 cm³/mol. The zero-order valence-corrected chi connectivity index (χ0v) is 11.1. The Bertz CT molecular complexity index is 469. The van der Waals surface area contributed by atoms with Gasteiger partial charge in [-0.1, -0.05) is 17.7 Å². The molecular formula is C14H17NO4. The Kier molecular flexibility index (Phi) is 4.16. The summed E-state index contributed by atoms with van der Waals surface area (Å²) >= 11 is 0. The molecule has 0 saturated carbocycles. The molecule has 19 heavy (non-hydrogen) atoms. The highest BCUT2D eigenvalue weighted by molar-refractivity contribution is 5.97. The molecule has 0 aromatic heterocycles. The Hall–Kier alpha value is -1.88. The molecule has 0 radical (unpaired) electrons. The van der Waals surface area contributed by atoms with Crippen LogP contribution in [-0.4, -0.2) is 49.7 Å². The summed E-state index contributed by atoms with van der Waals surface area (Å²) in [4.78, 5) is 25.6. The van der Waals surface area contributed by atoms with Crippen molar-refractivity contribution in [2.24, 2.45) is 0 Å². The topological polar surface area (TPSA) is 55.8 Å². The molecule has 5 heteroatoms. The van der Waals surface area contributed by atoms with Crippen molar-refractivity contribution in [2.45, 2.75) is 13.0 Å². The molecule has 1 aromatic rings. The van der Waals surface area contributed by atoms with Crippen LogP contribution < -0.4 is 0 Å². The van der Waals surface area contributed by atoms with Crippen molar-refractivity contribution in [2.75, 3.05) is 26.9 Å². The molecule has 0 bridgehead atoms. The molecule has 1 saturated heterocycles. The quantitative estimate of drug-likeness (QED) is 0.747. The number of benzene rings is 1. The van der Waals surface area contributed by atoms with Crippen molar-refractivity contribution in [3.8, 4) is 0 Å². The van der Waals surface area contributed by atoms with Crippen molar-refractivity contribution in [3.63, 3.8) is 0 Å². The SMILES string of the molecule is COC(=O)C1COCCN1C(=O)c1ccc(C)cc1. The molecule has 0 N–H and O–H groups in total. The Balaban J connectivity index is 2.20. The van der Waals surface area contributed by atoms with Gasteiger partial charge in [0.15, 0.2) is 6.04 Å². The molecule has 0 aliphatic carbocycles. The Morgan fingerprint density at radius 2 is 2.00 bits per heavy atom. The summed E-state index contributed by atoms with van der Waals surface area (Å²) in [6, 6.07) is 6.62. The third kappa shape index (κ3) is 2.93. The summed E-state index contributed by atoms with van der Waals surface area (Å²) in [7, 11) is 1.31. The van der Waals surface area contributed by atoms with Crippen molar-refractivity contribution in [1.82, 2.24) is 4.90 Å². The number of aryl methyl sites for hydroxylation is 1. The summed E-state index contributed by atoms with van der Waals surface area (Å²) in [6.07, 6.45) is 0. The van der Waals surface area contributed by atoms with Gasteiger partial charge in [0.1, 0.15) is 0 Å². The third-order valence-corrected chi connectivity index (χ3v) is 3.16. The van der Waals surface area contributed by atoms with Crippen LogP contribution in [0.25, 0.3) is 0 Å². The molecule has 1 heterocycles. The number of hydrogen-bond donors (Lipinski definition) is 0. The standard InChI is InChI=1S/C14H17NO4/c1-10-3-5-11(6-4-10)13(16)15-7-8-19-9-12(15)14(17)18-2/h3-6,12H,7-9H2,1-2H3. The Morgan fingerprint density at radius 1 is 1.32 bits per heavy atom. The maximum Gasteiger partial charge on any atom is 0.331 e. The lowest BCUT2D eigenvalue weighted by atomic mass is 10.1. The number of ether oxygens (including phenoxy) is 2. The van der Waals surface area contributed by atoms with Gasteiger partial charge in [0, 0.05) is 12.1 Å². The lowest BCUT2D eigenvalue weighted by Crippen LogP contribution is -2.53. The first kappa shape index (κ1) is 13.5. The molecule has 1 aliphatic heterocycles. The Morgan fingerprint density at radius 3 is 2.63 bits per heavy atom. The van der Waals surface area contributed by atoms with Gasteiger partial charge in [0.05, 0.1) is 20.3 Å². The second kappa shape index (κ2) is 5.84. The first-order valence-corrected chi connectivity index (χ1v) is 6.16. The molecule has 0 spiro atoms. The van der Waals surface area contributed by atoms with E-state index in [0.717, 1.165) is 5.56 Å². The number of nitrogens with zero attached hydrogens (tertiary/aromatic N) is 1. The number of carbonyl (C=O) groups excluding carboxylic acids is 2. The number of rotatable bonds is 2. The number of hydrogen-bond acceptors (Lipinski definition) is 4. The average molecular weight is 263 g/mol. The number of amides is 1. The molecule has 1 fully saturated rings. The lowest BCUT2D eigenvalue weighted by molar-refractivity contribution is -0.151. The fraction of sp³-hybridized carbons (Fsp3) is 0.429. The van der Waals surface area contributed by atoms with Crippen LogP contribution in [0.4, 0.5) is 0 Å². The van der Waals surface area contributed by atoms with Gasteiger partial charge in [0.25, 0.3) is 5.91 Å². The molecule has 1 aromatic carbocycles. The maximum atomic E-state index is 12.4. The molecular weight excluding hydrogens is 246 g/mol. The van der Waals surface area contributed by atoms with Crippen LogP contribution in [0.1, 0.15) is 15.9 Å². The van der Waals surface area contributed by atoms with Gasteiger partial charge in [-0.3, -0.25) is 4.79 Å². The molecule has 102 valence electrons. The molecule has 1 amide bonds. The van der Waals surface area contributed by atoms with Gasteiger partial charge in [-0.05, 0) is 19.1 Å². The van der Waals surface area contributed by atoms with Crippen molar-refractivity contribution in [1.29, 1.82) is 0 Å². The molecule has 1 aliphatic rings. The van der Waals surface area contributed by atoms with Crippen molar-refractivity contribution >= 4 is 11.9 Å². The molecule has 1 atom stereocenters. The minimum Gasteiger partial charge on any atom is -0.467 e. The summed E-state index contributed by atoms with van der Waals surface area (Å²) in [6.45, 7) is 2.97. The summed E-state index contributed by atoms with van der Waals surface area (Å²) in [5, 5.41) is 0. The van der Waals surface area contributed by atoms with Gasteiger partial charge in [0.2, 0.25) is 0 Å². The first-order chi connectivity index (χ1) is 9.13. The van der Waals surface area contributed by atoms with Crippen LogP contribution in [-0.2, 0) is 14.3 Å². The second-order valence-electron chi connectivity index (χ2n) is 4.48. The first-order valence-electron chi connectivity index (χ1n) is 6.16. The van der Waals surface area contributed by atoms with Crippen LogP contribution in [0.5, 0.6) is 0 Å². The highest BCUT2D eigenvalue weighted by Crippen LogP contribution is 2.14. The highest BCUT2D eigenvalue weighted by Gasteiger charge is 2.33. The van der Waals surface area contributed by atoms with E-state index in [0.29, 0.717) is 18.7 Å². The van der Waals surface area contributed by atoms with E-state index in [1.165, 1.54) is 12.0 Å². The molecule has 2 rings (SSSR count). The zero-order valence-electron chi connectivity index (χ0n) is 11.1. The van der Waals surface area contributed by atoms with Crippen LogP contribution in [0.15, 0.2) is 24.3 Å². The fourth-order valence-electron chi connectivity index (χ4n) is 2.04. The second-order valence-corrected chi connectivity index (χ2v) is 4.48. The van der Waals surface area contributed by atoms with Crippen molar-refractivity contribution < 1.29 is 19.1 Å². The van der Waals surface area contributed by atoms with E-state index in [2.05, 4.69) is 0 Å². The minimum absolute atomic E-state index is 0.168. The van der Waals surface area contributed by atoms with E-state index in [-0.39, 0.29) is 12.5 Å². The van der Waals surface area contributed by atoms with E-state index in [9.17, 15) is 9.59 Å². The van der Waals surface area contributed by atoms with Crippen molar-refractivity contribution in [3.05, 3.63) is 35.4 Å². The van der Waals surface area contributed by atoms with Crippen LogP contribution >= 0.6 is 0 Å². The summed E-state index contributed by atoms with van der Waals surface area (Å²) < 4.78 is 9.96. The molecule has 5 nitrogen and oxygen atoms in total. The smallest absolute Gasteiger partial charge is 0.331 e. The normalized spacial score (nSPS) is 19.1. The largest absolute Gasteiger partial charge is 0.467 e. The third-order valence-electron chi connectivity index (χ3n) is 3.16. The van der Waals surface area contributed by atoms with E-state index in [1.54, 1.807) is 12.1 Å². The monoisotopic (exact) mass is 263 g/mol. The van der Waals surface area contributed by atoms with E-state index >= 15 is 0 Å². The van der Waals surface area contributed by atoms with Gasteiger partial charge in [-0.15, -0.1) is 0 Å². The van der Waals surface area contributed by atoms with Crippen LogP contribution in [0.2, 0.25) is 0 Å². The minimum atomic E-state index is -0.660. The van der Waals surface area contributed by atoms with Gasteiger partial charge in [-0.25, -0.2) is 4.79 Å². The number of morpholine rings is 1. The fourth-order valence-corrected chi connectivity index (χ4v) is 2.04. The van der Waals surface area contributed by atoms with Gasteiger partial charge < -0.3 is 14.4 Å². The average Bonchev–Trinajstić information content (AvgIpc) is 2.46. The lowest BCUT2D eigenvalue weighted by Gasteiger charge is -2.33. The number of esters is 1. The summed E-state index contributed by atoms with van der Waals surface area (Å²) in [5.41, 5.74) is 1.66. The maximum absolute atomic E-state index is 12.4. The predicted octanol–water partition coefficient (Wildman–Crippen LogP) is 1.01. The van der Waals surface area contributed by atoms with Crippen LogP contribution in [0, 0.1) is 6.92 Å². The molecule has 1 unspecified atom stereocenters. The van der Waals surface area contributed by atoms with E-state index in [4.69, 9.17) is 9.47 Å². The van der Waals surface area contributed by atoms with Crippen LogP contribution in [0.3, 0.4) is 0 Å². The number of methoxy groups -OCH3 is 1. The summed E-state index contributed by atoms with van der Waals surface area (Å²) in [5.74, 6) is -0.612. The van der Waals surface area contributed by atoms with Gasteiger partial charge >= 0.3 is 5.97 Å². The van der Waals surface area contributed by atoms with E-state index < -0.39 is 12.0 Å². The zero-order chi connectivity index (χ0) is 13.8. The number of carbonyl (C=O) groups is 2. The Labute approximate surface area is 112 Å². The van der Waals surface area contributed by atoms with E-state index in [1.807, 2.05) is 19.1 Å². The van der Waals surface area contributed by atoms with Gasteiger partial charge in [-0.2, -0.15) is 0 Å². The highest BCUT2D eigenvalue weighted by atomic mass is 16.5.